The van der Waals surface area contributed by atoms with Crippen LogP contribution in [0.4, 0.5) is 11.6 Å². The minimum Gasteiger partial charge on any atom is -0.389 e. The zero-order valence-electron chi connectivity index (χ0n) is 10.1. The van der Waals surface area contributed by atoms with E-state index in [0.717, 1.165) is 24.2 Å². The van der Waals surface area contributed by atoms with Crippen LogP contribution >= 0.6 is 0 Å². The zero-order chi connectivity index (χ0) is 12.2. The van der Waals surface area contributed by atoms with Gasteiger partial charge in [0.25, 0.3) is 0 Å². The van der Waals surface area contributed by atoms with Gasteiger partial charge in [-0.1, -0.05) is 13.3 Å². The third-order valence-corrected chi connectivity index (χ3v) is 2.17. The van der Waals surface area contributed by atoms with Crippen molar-refractivity contribution in [3.63, 3.8) is 0 Å². The van der Waals surface area contributed by atoms with E-state index >= 15 is 0 Å². The number of hydrogen-bond acceptors (Lipinski definition) is 5. The van der Waals surface area contributed by atoms with E-state index in [4.69, 9.17) is 5.73 Å². The van der Waals surface area contributed by atoms with Crippen LogP contribution in [0, 0.1) is 0 Å². The lowest BCUT2D eigenvalue weighted by Crippen LogP contribution is -2.30. The first-order valence-electron chi connectivity index (χ1n) is 5.49. The normalized spacial score (nSPS) is 11.5. The fourth-order valence-electron chi connectivity index (χ4n) is 1.37. The second-order valence-corrected chi connectivity index (χ2v) is 4.50. The number of nitrogens with zero attached hydrogens (tertiary/aromatic N) is 2. The van der Waals surface area contributed by atoms with Gasteiger partial charge in [0, 0.05) is 12.1 Å². The van der Waals surface area contributed by atoms with E-state index in [1.807, 2.05) is 0 Å². The quantitative estimate of drug-likeness (QED) is 0.699. The van der Waals surface area contributed by atoms with Crippen LogP contribution in [0.1, 0.15) is 32.8 Å². The molecule has 4 N–H and O–H groups in total. The lowest BCUT2D eigenvalue weighted by atomic mass is 10.1. The van der Waals surface area contributed by atoms with E-state index in [9.17, 15) is 5.11 Å². The number of nitrogens with one attached hydrogen (secondary N) is 1. The standard InChI is InChI=1S/C11H20N4O/c1-4-5-8-9(12)14-7-15-10(8)13-6-11(2,3)16/h7,16H,4-6H2,1-3H3,(H3,12,13,14,15). The van der Waals surface area contributed by atoms with E-state index < -0.39 is 5.60 Å². The molecule has 0 spiro atoms. The largest absolute Gasteiger partial charge is 0.389 e. The van der Waals surface area contributed by atoms with Gasteiger partial charge >= 0.3 is 0 Å². The van der Waals surface area contributed by atoms with Crippen LogP contribution in [0.3, 0.4) is 0 Å². The number of rotatable bonds is 5. The molecule has 0 bridgehead atoms. The Bertz CT molecular complexity index is 346. The van der Waals surface area contributed by atoms with E-state index in [2.05, 4.69) is 22.2 Å². The van der Waals surface area contributed by atoms with Gasteiger partial charge in [-0.2, -0.15) is 0 Å². The zero-order valence-corrected chi connectivity index (χ0v) is 10.1. The maximum atomic E-state index is 9.63. The van der Waals surface area contributed by atoms with Crippen molar-refractivity contribution in [3.8, 4) is 0 Å². The molecule has 1 aromatic heterocycles. The van der Waals surface area contributed by atoms with Crippen molar-refractivity contribution < 1.29 is 5.11 Å². The molecule has 16 heavy (non-hydrogen) atoms. The van der Waals surface area contributed by atoms with E-state index in [0.29, 0.717) is 12.4 Å². The highest BCUT2D eigenvalue weighted by atomic mass is 16.3. The van der Waals surface area contributed by atoms with Crippen molar-refractivity contribution in [3.05, 3.63) is 11.9 Å². The topological polar surface area (TPSA) is 84.1 Å². The summed E-state index contributed by atoms with van der Waals surface area (Å²) in [5.74, 6) is 1.23. The Morgan fingerprint density at radius 2 is 2.12 bits per heavy atom. The number of aliphatic hydroxyl groups is 1. The van der Waals surface area contributed by atoms with Crippen LogP contribution in [-0.4, -0.2) is 27.2 Å². The van der Waals surface area contributed by atoms with Crippen LogP contribution in [-0.2, 0) is 6.42 Å². The van der Waals surface area contributed by atoms with Gasteiger partial charge in [-0.3, -0.25) is 0 Å². The molecule has 1 aromatic rings. The predicted molar refractivity (Wildman–Crippen MR) is 65.2 cm³/mol. The Morgan fingerprint density at radius 3 is 2.69 bits per heavy atom. The molecule has 0 aliphatic rings. The molecule has 0 radical (unpaired) electrons. The van der Waals surface area contributed by atoms with Gasteiger partial charge in [0.2, 0.25) is 0 Å². The molecule has 0 fully saturated rings. The molecule has 1 heterocycles. The molecule has 5 heteroatoms. The second kappa shape index (κ2) is 5.12. The van der Waals surface area contributed by atoms with Crippen molar-refractivity contribution in [2.24, 2.45) is 0 Å². The summed E-state index contributed by atoms with van der Waals surface area (Å²) in [6.07, 6.45) is 3.25. The molecule has 0 aliphatic heterocycles. The number of nitrogen functional groups attached to an aromatic ring is 1. The summed E-state index contributed by atoms with van der Waals surface area (Å²) in [5.41, 5.74) is 5.94. The molecule has 5 nitrogen and oxygen atoms in total. The lowest BCUT2D eigenvalue weighted by molar-refractivity contribution is 0.0944. The fourth-order valence-corrected chi connectivity index (χ4v) is 1.37. The smallest absolute Gasteiger partial charge is 0.134 e. The van der Waals surface area contributed by atoms with Crippen molar-refractivity contribution in [2.75, 3.05) is 17.6 Å². The Labute approximate surface area is 96.1 Å². The lowest BCUT2D eigenvalue weighted by Gasteiger charge is -2.19. The van der Waals surface area contributed by atoms with Crippen molar-refractivity contribution >= 4 is 11.6 Å². The first-order chi connectivity index (χ1) is 7.44. The van der Waals surface area contributed by atoms with E-state index in [-0.39, 0.29) is 0 Å². The molecule has 1 rings (SSSR count). The summed E-state index contributed by atoms with van der Waals surface area (Å²) in [5, 5.41) is 12.7. The van der Waals surface area contributed by atoms with Gasteiger partial charge in [-0.25, -0.2) is 9.97 Å². The molecule has 90 valence electrons. The summed E-state index contributed by atoms with van der Waals surface area (Å²) in [6, 6.07) is 0. The molecule has 0 unspecified atom stereocenters. The van der Waals surface area contributed by atoms with Crippen LogP contribution in [0.25, 0.3) is 0 Å². The summed E-state index contributed by atoms with van der Waals surface area (Å²) in [6.45, 7) is 5.99. The number of aromatic nitrogens is 2. The molecular formula is C11H20N4O. The van der Waals surface area contributed by atoms with E-state index in [1.54, 1.807) is 13.8 Å². The van der Waals surface area contributed by atoms with Crippen LogP contribution in [0.2, 0.25) is 0 Å². The first-order valence-corrected chi connectivity index (χ1v) is 5.49. The summed E-state index contributed by atoms with van der Waals surface area (Å²) >= 11 is 0. The van der Waals surface area contributed by atoms with Crippen molar-refractivity contribution in [1.29, 1.82) is 0 Å². The highest BCUT2D eigenvalue weighted by molar-refractivity contribution is 5.55. The Morgan fingerprint density at radius 1 is 1.44 bits per heavy atom. The minimum atomic E-state index is -0.775. The van der Waals surface area contributed by atoms with Crippen LogP contribution in [0.5, 0.6) is 0 Å². The van der Waals surface area contributed by atoms with Gasteiger partial charge in [-0.15, -0.1) is 0 Å². The van der Waals surface area contributed by atoms with E-state index in [1.165, 1.54) is 6.33 Å². The Hall–Kier alpha value is -1.36. The molecule has 0 aliphatic carbocycles. The monoisotopic (exact) mass is 224 g/mol. The average Bonchev–Trinajstić information content (AvgIpc) is 2.18. The predicted octanol–water partition coefficient (Wildman–Crippen LogP) is 1.19. The van der Waals surface area contributed by atoms with Gasteiger partial charge < -0.3 is 16.2 Å². The fraction of sp³-hybridized carbons (Fsp3) is 0.636. The molecule has 0 saturated heterocycles. The third-order valence-electron chi connectivity index (χ3n) is 2.17. The van der Waals surface area contributed by atoms with Crippen LogP contribution < -0.4 is 11.1 Å². The Balaban J connectivity index is 2.82. The summed E-state index contributed by atoms with van der Waals surface area (Å²) in [7, 11) is 0. The van der Waals surface area contributed by atoms with Crippen molar-refractivity contribution in [1.82, 2.24) is 9.97 Å². The first kappa shape index (κ1) is 12.7. The van der Waals surface area contributed by atoms with Gasteiger partial charge in [-0.05, 0) is 20.3 Å². The number of anilines is 2. The Kier molecular flexibility index (Phi) is 4.06. The third kappa shape index (κ3) is 3.66. The highest BCUT2D eigenvalue weighted by Crippen LogP contribution is 2.19. The maximum absolute atomic E-state index is 9.63. The summed E-state index contributed by atoms with van der Waals surface area (Å²) in [4.78, 5) is 8.11. The van der Waals surface area contributed by atoms with Gasteiger partial charge in [0.05, 0.1) is 5.60 Å². The number of nitrogens with two attached hydrogens (primary N) is 1. The van der Waals surface area contributed by atoms with Crippen molar-refractivity contribution in [2.45, 2.75) is 39.2 Å². The minimum absolute atomic E-state index is 0.431. The second-order valence-electron chi connectivity index (χ2n) is 4.50. The van der Waals surface area contributed by atoms with Gasteiger partial charge in [0.15, 0.2) is 0 Å². The average molecular weight is 224 g/mol. The number of hydrogen-bond donors (Lipinski definition) is 3. The molecule has 0 saturated carbocycles. The maximum Gasteiger partial charge on any atom is 0.134 e. The SMILES string of the molecule is CCCc1c(N)ncnc1NCC(C)(C)O. The molecule has 0 atom stereocenters. The summed E-state index contributed by atoms with van der Waals surface area (Å²) < 4.78 is 0. The molecule has 0 amide bonds. The van der Waals surface area contributed by atoms with Gasteiger partial charge in [0.1, 0.15) is 18.0 Å². The molecule has 0 aromatic carbocycles. The highest BCUT2D eigenvalue weighted by Gasteiger charge is 2.14. The van der Waals surface area contributed by atoms with Crippen LogP contribution in [0.15, 0.2) is 6.33 Å². The molecular weight excluding hydrogens is 204 g/mol.